The van der Waals surface area contributed by atoms with Gasteiger partial charge in [0, 0.05) is 30.5 Å². The average molecular weight is 348 g/mol. The van der Waals surface area contributed by atoms with Crippen molar-refractivity contribution in [3.63, 3.8) is 0 Å². The number of piperidine rings is 1. The maximum atomic E-state index is 13.0. The first kappa shape index (κ1) is 17.0. The van der Waals surface area contributed by atoms with E-state index in [1.807, 2.05) is 0 Å². The molecule has 1 fully saturated rings. The number of carbonyl (C=O) groups is 1. The predicted molar refractivity (Wildman–Crippen MR) is 92.4 cm³/mol. The molecule has 1 aliphatic heterocycles. The summed E-state index contributed by atoms with van der Waals surface area (Å²) in [5.41, 5.74) is 1.96. The second kappa shape index (κ2) is 7.85. The zero-order valence-corrected chi connectivity index (χ0v) is 14.3. The lowest BCUT2D eigenvalue weighted by Gasteiger charge is -2.32. The van der Waals surface area contributed by atoms with Crippen LogP contribution in [0.1, 0.15) is 31.4 Å². The summed E-state index contributed by atoms with van der Waals surface area (Å²) in [6.45, 7) is 2.77. The van der Waals surface area contributed by atoms with Crippen LogP contribution in [0.2, 0.25) is 0 Å². The van der Waals surface area contributed by atoms with E-state index in [0.717, 1.165) is 55.2 Å². The molecule has 1 aromatic carbocycles. The third-order valence-corrected chi connectivity index (χ3v) is 5.34. The molecule has 0 bridgehead atoms. The highest BCUT2D eigenvalue weighted by atomic mass is 32.1. The minimum Gasteiger partial charge on any atom is -0.481 e. The highest BCUT2D eigenvalue weighted by Gasteiger charge is 2.21. The molecule has 0 amide bonds. The Bertz CT molecular complexity index is 687. The SMILES string of the molecule is O=C(O)CCC1CCCN(Cc2csc(-c3ccc(F)cc3)n2)C1. The van der Waals surface area contributed by atoms with Gasteiger partial charge in [0.2, 0.25) is 0 Å². The van der Waals surface area contributed by atoms with Crippen molar-refractivity contribution >= 4 is 17.3 Å². The van der Waals surface area contributed by atoms with Crippen molar-refractivity contribution in [1.82, 2.24) is 9.88 Å². The molecular weight excluding hydrogens is 327 g/mol. The van der Waals surface area contributed by atoms with Crippen LogP contribution in [0.4, 0.5) is 4.39 Å². The van der Waals surface area contributed by atoms with Gasteiger partial charge in [-0.15, -0.1) is 11.3 Å². The number of likely N-dealkylation sites (tertiary alicyclic amines) is 1. The van der Waals surface area contributed by atoms with Crippen molar-refractivity contribution < 1.29 is 14.3 Å². The van der Waals surface area contributed by atoms with Crippen molar-refractivity contribution in [1.29, 1.82) is 0 Å². The summed E-state index contributed by atoms with van der Waals surface area (Å²) in [4.78, 5) is 17.8. The molecule has 1 aliphatic rings. The van der Waals surface area contributed by atoms with Gasteiger partial charge in [-0.2, -0.15) is 0 Å². The number of hydrogen-bond acceptors (Lipinski definition) is 4. The lowest BCUT2D eigenvalue weighted by molar-refractivity contribution is -0.137. The fraction of sp³-hybridized carbons (Fsp3) is 0.444. The molecule has 1 saturated heterocycles. The summed E-state index contributed by atoms with van der Waals surface area (Å²) in [6, 6.07) is 6.41. The van der Waals surface area contributed by atoms with E-state index >= 15 is 0 Å². The minimum absolute atomic E-state index is 0.240. The Kier molecular flexibility index (Phi) is 5.58. The molecule has 4 nitrogen and oxygen atoms in total. The van der Waals surface area contributed by atoms with Gasteiger partial charge in [-0.3, -0.25) is 9.69 Å². The molecule has 1 atom stereocenters. The Hall–Kier alpha value is -1.79. The van der Waals surface area contributed by atoms with Crippen LogP contribution >= 0.6 is 11.3 Å². The van der Waals surface area contributed by atoms with Crippen LogP contribution in [0.15, 0.2) is 29.6 Å². The summed E-state index contributed by atoms with van der Waals surface area (Å²) in [7, 11) is 0. The van der Waals surface area contributed by atoms with Gasteiger partial charge in [-0.1, -0.05) is 0 Å². The van der Waals surface area contributed by atoms with Crippen LogP contribution < -0.4 is 0 Å². The van der Waals surface area contributed by atoms with Gasteiger partial charge < -0.3 is 5.11 Å². The van der Waals surface area contributed by atoms with Crippen molar-refractivity contribution in [2.45, 2.75) is 32.2 Å². The molecule has 0 saturated carbocycles. The highest BCUT2D eigenvalue weighted by molar-refractivity contribution is 7.13. The molecule has 6 heteroatoms. The third-order valence-electron chi connectivity index (χ3n) is 4.40. The number of aliphatic carboxylic acids is 1. The lowest BCUT2D eigenvalue weighted by atomic mass is 9.93. The number of nitrogens with zero attached hydrogens (tertiary/aromatic N) is 2. The summed E-state index contributed by atoms with van der Waals surface area (Å²) in [5.74, 6) is -0.489. The lowest BCUT2D eigenvalue weighted by Crippen LogP contribution is -2.35. The van der Waals surface area contributed by atoms with E-state index in [-0.39, 0.29) is 12.2 Å². The number of carboxylic acids is 1. The molecular formula is C18H21FN2O2S. The number of rotatable bonds is 6. The molecule has 2 heterocycles. The van der Waals surface area contributed by atoms with Gasteiger partial charge >= 0.3 is 5.97 Å². The molecule has 1 unspecified atom stereocenters. The molecule has 3 rings (SSSR count). The molecule has 0 radical (unpaired) electrons. The smallest absolute Gasteiger partial charge is 0.303 e. The van der Waals surface area contributed by atoms with Gasteiger partial charge in [0.15, 0.2) is 0 Å². The van der Waals surface area contributed by atoms with Crippen molar-refractivity contribution in [3.8, 4) is 10.6 Å². The Morgan fingerprint density at radius 3 is 2.92 bits per heavy atom. The number of aromatic nitrogens is 1. The van der Waals surface area contributed by atoms with E-state index in [0.29, 0.717) is 5.92 Å². The minimum atomic E-state index is -0.712. The summed E-state index contributed by atoms with van der Waals surface area (Å²) in [6.07, 6.45) is 3.23. The van der Waals surface area contributed by atoms with E-state index in [9.17, 15) is 9.18 Å². The Morgan fingerprint density at radius 2 is 2.17 bits per heavy atom. The average Bonchev–Trinajstić information content (AvgIpc) is 3.02. The first-order valence-electron chi connectivity index (χ1n) is 8.24. The van der Waals surface area contributed by atoms with E-state index < -0.39 is 5.97 Å². The predicted octanol–water partition coefficient (Wildman–Crippen LogP) is 4.03. The zero-order valence-electron chi connectivity index (χ0n) is 13.4. The normalized spacial score (nSPS) is 18.6. The van der Waals surface area contributed by atoms with Crippen molar-refractivity contribution in [2.75, 3.05) is 13.1 Å². The Labute approximate surface area is 145 Å². The quantitative estimate of drug-likeness (QED) is 0.856. The van der Waals surface area contributed by atoms with Crippen LogP contribution in [0.25, 0.3) is 10.6 Å². The van der Waals surface area contributed by atoms with Crippen LogP contribution in [-0.4, -0.2) is 34.0 Å². The van der Waals surface area contributed by atoms with Gasteiger partial charge in [0.25, 0.3) is 0 Å². The molecule has 1 N–H and O–H groups in total. The maximum absolute atomic E-state index is 13.0. The van der Waals surface area contributed by atoms with E-state index in [2.05, 4.69) is 15.3 Å². The zero-order chi connectivity index (χ0) is 16.9. The van der Waals surface area contributed by atoms with Crippen LogP contribution in [-0.2, 0) is 11.3 Å². The van der Waals surface area contributed by atoms with Gasteiger partial charge in [-0.25, -0.2) is 9.37 Å². The Morgan fingerprint density at radius 1 is 1.38 bits per heavy atom. The van der Waals surface area contributed by atoms with E-state index in [4.69, 9.17) is 5.11 Å². The van der Waals surface area contributed by atoms with Gasteiger partial charge in [0.05, 0.1) is 5.69 Å². The van der Waals surface area contributed by atoms with Crippen LogP contribution in [0.5, 0.6) is 0 Å². The van der Waals surface area contributed by atoms with Gasteiger partial charge in [0.1, 0.15) is 10.8 Å². The highest BCUT2D eigenvalue weighted by Crippen LogP contribution is 2.26. The molecule has 1 aromatic heterocycles. The fourth-order valence-corrected chi connectivity index (χ4v) is 4.01. The monoisotopic (exact) mass is 348 g/mol. The molecule has 0 aliphatic carbocycles. The number of benzene rings is 1. The molecule has 0 spiro atoms. The Balaban J connectivity index is 1.58. The number of hydrogen-bond donors (Lipinski definition) is 1. The maximum Gasteiger partial charge on any atom is 0.303 e. The fourth-order valence-electron chi connectivity index (χ4n) is 3.19. The second-order valence-electron chi connectivity index (χ2n) is 6.33. The summed E-state index contributed by atoms with van der Waals surface area (Å²) in [5, 5.41) is 11.8. The number of halogens is 1. The standard InChI is InChI=1S/C18H21FN2O2S/c19-15-6-4-14(5-7-15)18-20-16(12-24-18)11-21-9-1-2-13(10-21)3-8-17(22)23/h4-7,12-13H,1-3,8-11H2,(H,22,23). The number of carboxylic acid groups (broad SMARTS) is 1. The second-order valence-corrected chi connectivity index (χ2v) is 7.18. The molecule has 24 heavy (non-hydrogen) atoms. The van der Waals surface area contributed by atoms with E-state index in [1.165, 1.54) is 12.1 Å². The molecule has 2 aromatic rings. The third kappa shape index (κ3) is 4.61. The first-order valence-corrected chi connectivity index (χ1v) is 9.12. The number of thiazole rings is 1. The van der Waals surface area contributed by atoms with Crippen LogP contribution in [0.3, 0.4) is 0 Å². The van der Waals surface area contributed by atoms with Crippen molar-refractivity contribution in [3.05, 3.63) is 41.2 Å². The first-order chi connectivity index (χ1) is 11.6. The van der Waals surface area contributed by atoms with Crippen LogP contribution in [0, 0.1) is 11.7 Å². The van der Waals surface area contributed by atoms with E-state index in [1.54, 1.807) is 23.5 Å². The largest absolute Gasteiger partial charge is 0.481 e. The van der Waals surface area contributed by atoms with Crippen molar-refractivity contribution in [2.24, 2.45) is 5.92 Å². The molecule has 128 valence electrons. The summed E-state index contributed by atoms with van der Waals surface area (Å²) < 4.78 is 13.0. The topological polar surface area (TPSA) is 53.4 Å². The summed E-state index contributed by atoms with van der Waals surface area (Å²) >= 11 is 1.57. The van der Waals surface area contributed by atoms with Gasteiger partial charge in [-0.05, 0) is 56.0 Å².